The second-order valence-corrected chi connectivity index (χ2v) is 4.92. The van der Waals surface area contributed by atoms with Crippen molar-refractivity contribution in [2.45, 2.75) is 32.2 Å². The zero-order chi connectivity index (χ0) is 12.0. The van der Waals surface area contributed by atoms with Gasteiger partial charge in [-0.25, -0.2) is 0 Å². The number of aliphatic hydroxyl groups is 1. The maximum atomic E-state index is 11.4. The summed E-state index contributed by atoms with van der Waals surface area (Å²) < 4.78 is 11.0. The molecule has 1 aliphatic heterocycles. The lowest BCUT2D eigenvalue weighted by Crippen LogP contribution is -2.60. The molecule has 1 aliphatic carbocycles. The molecule has 4 heteroatoms. The van der Waals surface area contributed by atoms with E-state index in [1.54, 1.807) is 13.2 Å². The molecule has 0 spiro atoms. The van der Waals surface area contributed by atoms with Crippen LogP contribution in [0, 0.1) is 11.3 Å². The molecule has 90 valence electrons. The van der Waals surface area contributed by atoms with Gasteiger partial charge < -0.3 is 14.6 Å². The molecular formula is C12H18O4. The molecule has 16 heavy (non-hydrogen) atoms. The predicted molar refractivity (Wildman–Crippen MR) is 57.7 cm³/mol. The van der Waals surface area contributed by atoms with Crippen LogP contribution in [0.25, 0.3) is 0 Å². The molecule has 0 unspecified atom stereocenters. The van der Waals surface area contributed by atoms with Gasteiger partial charge in [0.2, 0.25) is 0 Å². The second-order valence-electron chi connectivity index (χ2n) is 4.92. The van der Waals surface area contributed by atoms with Crippen molar-refractivity contribution in [3.8, 4) is 0 Å². The van der Waals surface area contributed by atoms with Gasteiger partial charge in [-0.1, -0.05) is 13.0 Å². The molecule has 0 aromatic carbocycles. The van der Waals surface area contributed by atoms with Crippen LogP contribution in [-0.4, -0.2) is 36.5 Å². The summed E-state index contributed by atoms with van der Waals surface area (Å²) in [5, 5.41) is 9.95. The highest BCUT2D eigenvalue weighted by Crippen LogP contribution is 2.50. The van der Waals surface area contributed by atoms with Gasteiger partial charge in [-0.15, -0.1) is 0 Å². The number of fused-ring (bicyclic) bond motifs is 1. The maximum absolute atomic E-state index is 11.4. The largest absolute Gasteiger partial charge is 0.390 e. The van der Waals surface area contributed by atoms with Crippen molar-refractivity contribution in [1.29, 1.82) is 0 Å². The maximum Gasteiger partial charge on any atom is 0.174 e. The summed E-state index contributed by atoms with van der Waals surface area (Å²) in [6.45, 7) is 4.03. The molecule has 0 bridgehead atoms. The van der Waals surface area contributed by atoms with E-state index in [9.17, 15) is 9.90 Å². The monoisotopic (exact) mass is 226 g/mol. The first-order valence-electron chi connectivity index (χ1n) is 5.52. The molecule has 4 atom stereocenters. The van der Waals surface area contributed by atoms with Crippen molar-refractivity contribution < 1.29 is 19.4 Å². The first-order chi connectivity index (χ1) is 7.43. The number of hydrogen-bond acceptors (Lipinski definition) is 4. The number of methoxy groups -OCH3 is 1. The van der Waals surface area contributed by atoms with Crippen LogP contribution in [0.15, 0.2) is 12.2 Å². The van der Waals surface area contributed by atoms with Gasteiger partial charge in [-0.2, -0.15) is 0 Å². The second kappa shape index (κ2) is 3.65. The molecule has 2 rings (SSSR count). The Bertz CT molecular complexity index is 338. The summed E-state index contributed by atoms with van der Waals surface area (Å²) in [5.74, 6) is -0.862. The first-order valence-corrected chi connectivity index (χ1v) is 5.52. The van der Waals surface area contributed by atoms with Crippen LogP contribution in [0.3, 0.4) is 0 Å². The molecule has 1 heterocycles. The Hall–Kier alpha value is -0.710. The standard InChI is InChI=1S/C12H18O4/c1-11-5-4-8(13)6-9(11)10(14)7-16-12(11,2)15-3/h4-5,9-10,14H,6-7H2,1-3H3/t9-,10+,11+,12-/m0/s1. The van der Waals surface area contributed by atoms with Gasteiger partial charge >= 0.3 is 0 Å². The highest BCUT2D eigenvalue weighted by molar-refractivity contribution is 5.91. The van der Waals surface area contributed by atoms with Gasteiger partial charge in [0.05, 0.1) is 12.7 Å². The van der Waals surface area contributed by atoms with E-state index in [2.05, 4.69) is 0 Å². The minimum atomic E-state index is -0.784. The predicted octanol–water partition coefficient (Wildman–Crippen LogP) is 0.892. The van der Waals surface area contributed by atoms with Crippen molar-refractivity contribution in [3.05, 3.63) is 12.2 Å². The van der Waals surface area contributed by atoms with E-state index in [-0.39, 0.29) is 18.3 Å². The molecule has 1 fully saturated rings. The van der Waals surface area contributed by atoms with Gasteiger partial charge in [0, 0.05) is 24.9 Å². The Balaban J connectivity index is 2.43. The molecule has 4 nitrogen and oxygen atoms in total. The van der Waals surface area contributed by atoms with Crippen LogP contribution in [0.4, 0.5) is 0 Å². The smallest absolute Gasteiger partial charge is 0.174 e. The number of carbonyl (C=O) groups excluding carboxylic acids is 1. The summed E-state index contributed by atoms with van der Waals surface area (Å²) in [7, 11) is 1.59. The molecule has 0 saturated carbocycles. The Labute approximate surface area is 95.2 Å². The van der Waals surface area contributed by atoms with Crippen LogP contribution < -0.4 is 0 Å². The Morgan fingerprint density at radius 1 is 1.56 bits per heavy atom. The van der Waals surface area contributed by atoms with Crippen molar-refractivity contribution in [3.63, 3.8) is 0 Å². The topological polar surface area (TPSA) is 55.8 Å². The number of rotatable bonds is 1. The number of hydrogen-bond donors (Lipinski definition) is 1. The van der Waals surface area contributed by atoms with Gasteiger partial charge in [-0.3, -0.25) is 4.79 Å². The lowest BCUT2D eigenvalue weighted by atomic mass is 9.63. The first kappa shape index (κ1) is 11.8. The highest BCUT2D eigenvalue weighted by atomic mass is 16.7. The summed E-state index contributed by atoms with van der Waals surface area (Å²) in [5.41, 5.74) is -0.465. The molecule has 0 radical (unpaired) electrons. The van der Waals surface area contributed by atoms with Crippen LogP contribution in [0.2, 0.25) is 0 Å². The van der Waals surface area contributed by atoms with Crippen molar-refractivity contribution in [2.75, 3.05) is 13.7 Å². The molecule has 0 aromatic heterocycles. The highest BCUT2D eigenvalue weighted by Gasteiger charge is 2.57. The molecule has 0 amide bonds. The average molecular weight is 226 g/mol. The Morgan fingerprint density at radius 2 is 2.25 bits per heavy atom. The zero-order valence-corrected chi connectivity index (χ0v) is 9.90. The van der Waals surface area contributed by atoms with Gasteiger partial charge in [-0.05, 0) is 13.0 Å². The minimum absolute atomic E-state index is 0.0573. The summed E-state index contributed by atoms with van der Waals surface area (Å²) in [4.78, 5) is 11.4. The fraction of sp³-hybridized carbons (Fsp3) is 0.750. The SMILES string of the molecule is CO[C@@]1(C)OC[C@@H](O)[C@@H]2CC(=O)C=C[C@]21C. The van der Waals surface area contributed by atoms with E-state index in [1.807, 2.05) is 19.9 Å². The average Bonchev–Trinajstić information content (AvgIpc) is 2.27. The van der Waals surface area contributed by atoms with E-state index in [0.29, 0.717) is 6.42 Å². The fourth-order valence-electron chi connectivity index (χ4n) is 2.71. The number of allylic oxidation sites excluding steroid dienone is 1. The Morgan fingerprint density at radius 3 is 2.88 bits per heavy atom. The number of aliphatic hydroxyl groups excluding tert-OH is 1. The minimum Gasteiger partial charge on any atom is -0.390 e. The van der Waals surface area contributed by atoms with E-state index >= 15 is 0 Å². The van der Waals surface area contributed by atoms with E-state index < -0.39 is 17.3 Å². The normalized spacial score (nSPS) is 47.9. The van der Waals surface area contributed by atoms with Crippen LogP contribution in [-0.2, 0) is 14.3 Å². The van der Waals surface area contributed by atoms with Crippen molar-refractivity contribution in [1.82, 2.24) is 0 Å². The summed E-state index contributed by atoms with van der Waals surface area (Å²) in [6.07, 6.45) is 3.13. The third kappa shape index (κ3) is 1.44. The van der Waals surface area contributed by atoms with Crippen molar-refractivity contribution >= 4 is 5.78 Å². The molecule has 1 saturated heterocycles. The van der Waals surface area contributed by atoms with E-state index in [0.717, 1.165) is 0 Å². The molecule has 0 aromatic rings. The lowest BCUT2D eigenvalue weighted by molar-refractivity contribution is -0.317. The van der Waals surface area contributed by atoms with Gasteiger partial charge in [0.25, 0.3) is 0 Å². The third-order valence-electron chi connectivity index (χ3n) is 4.17. The summed E-state index contributed by atoms with van der Waals surface area (Å²) >= 11 is 0. The van der Waals surface area contributed by atoms with Crippen LogP contribution in [0.1, 0.15) is 20.3 Å². The number of ether oxygens (including phenoxy) is 2. The number of carbonyl (C=O) groups is 1. The van der Waals surface area contributed by atoms with Gasteiger partial charge in [0.15, 0.2) is 11.6 Å². The van der Waals surface area contributed by atoms with Gasteiger partial charge in [0.1, 0.15) is 0 Å². The molecule has 1 N–H and O–H groups in total. The third-order valence-corrected chi connectivity index (χ3v) is 4.17. The molecule has 2 aliphatic rings. The fourth-order valence-corrected chi connectivity index (χ4v) is 2.71. The zero-order valence-electron chi connectivity index (χ0n) is 9.90. The molecular weight excluding hydrogens is 208 g/mol. The quantitative estimate of drug-likeness (QED) is 0.721. The van der Waals surface area contributed by atoms with Crippen molar-refractivity contribution in [2.24, 2.45) is 11.3 Å². The van der Waals surface area contributed by atoms with E-state index in [1.165, 1.54) is 0 Å². The van der Waals surface area contributed by atoms with Crippen LogP contribution >= 0.6 is 0 Å². The van der Waals surface area contributed by atoms with E-state index in [4.69, 9.17) is 9.47 Å². The van der Waals surface area contributed by atoms with Crippen LogP contribution in [0.5, 0.6) is 0 Å². The number of ketones is 1. The summed E-state index contributed by atoms with van der Waals surface area (Å²) in [6, 6.07) is 0. The Kier molecular flexibility index (Phi) is 2.69. The lowest BCUT2D eigenvalue weighted by Gasteiger charge is -2.54.